The molecule has 0 unspecified atom stereocenters. The summed E-state index contributed by atoms with van der Waals surface area (Å²) in [5.74, 6) is 0.272. The molecular weight excluding hydrogens is 226 g/mol. The smallest absolute Gasteiger partial charge is 0.214 e. The Morgan fingerprint density at radius 2 is 2.12 bits per heavy atom. The standard InChI is InChI=1S/C10H21N3O2S/c1-2-3-8-16(14,15)13(9-4-5-9)7-6-10(11)12/h9H,2-8H2,1H3,(H3,11,12). The van der Waals surface area contributed by atoms with E-state index in [1.54, 1.807) is 4.31 Å². The number of rotatable bonds is 8. The normalized spacial score (nSPS) is 16.6. The summed E-state index contributed by atoms with van der Waals surface area (Å²) in [6.07, 6.45) is 3.81. The summed E-state index contributed by atoms with van der Waals surface area (Å²) in [7, 11) is -3.14. The third-order valence-electron chi connectivity index (χ3n) is 2.67. The summed E-state index contributed by atoms with van der Waals surface area (Å²) >= 11 is 0. The van der Waals surface area contributed by atoms with Crippen molar-refractivity contribution in [1.29, 1.82) is 5.41 Å². The lowest BCUT2D eigenvalue weighted by Crippen LogP contribution is -2.37. The minimum absolute atomic E-state index is 0.0522. The maximum atomic E-state index is 12.0. The van der Waals surface area contributed by atoms with E-state index in [9.17, 15) is 8.42 Å². The molecule has 0 bridgehead atoms. The van der Waals surface area contributed by atoms with Crippen molar-refractivity contribution in [3.8, 4) is 0 Å². The first-order valence-electron chi connectivity index (χ1n) is 5.79. The van der Waals surface area contributed by atoms with Crippen molar-refractivity contribution in [3.05, 3.63) is 0 Å². The van der Waals surface area contributed by atoms with Gasteiger partial charge in [-0.15, -0.1) is 0 Å². The van der Waals surface area contributed by atoms with Gasteiger partial charge < -0.3 is 5.73 Å². The Bertz CT molecular complexity index is 336. The first-order valence-corrected chi connectivity index (χ1v) is 7.40. The molecule has 1 aliphatic carbocycles. The molecule has 5 nitrogen and oxygen atoms in total. The number of nitrogens with zero attached hydrogens (tertiary/aromatic N) is 1. The van der Waals surface area contributed by atoms with Crippen LogP contribution in [0.15, 0.2) is 0 Å². The zero-order chi connectivity index (χ0) is 12.2. The van der Waals surface area contributed by atoms with Crippen LogP contribution < -0.4 is 5.73 Å². The van der Waals surface area contributed by atoms with Crippen molar-refractivity contribution in [2.24, 2.45) is 5.73 Å². The second-order valence-electron chi connectivity index (χ2n) is 4.29. The number of nitrogens with one attached hydrogen (secondary N) is 1. The molecule has 1 aliphatic rings. The van der Waals surface area contributed by atoms with Crippen LogP contribution in [0.3, 0.4) is 0 Å². The maximum Gasteiger partial charge on any atom is 0.214 e. The Morgan fingerprint density at radius 3 is 2.56 bits per heavy atom. The number of unbranched alkanes of at least 4 members (excludes halogenated alkanes) is 1. The van der Waals surface area contributed by atoms with Crippen molar-refractivity contribution >= 4 is 15.9 Å². The molecule has 0 amide bonds. The molecule has 1 rings (SSSR count). The average Bonchev–Trinajstić information content (AvgIpc) is 2.98. The van der Waals surface area contributed by atoms with Crippen LogP contribution in [0.25, 0.3) is 0 Å². The maximum absolute atomic E-state index is 12.0. The highest BCUT2D eigenvalue weighted by Gasteiger charge is 2.36. The molecule has 1 fully saturated rings. The fourth-order valence-electron chi connectivity index (χ4n) is 1.59. The molecule has 0 aliphatic heterocycles. The topological polar surface area (TPSA) is 87.2 Å². The second kappa shape index (κ2) is 5.63. The van der Waals surface area contributed by atoms with Crippen LogP contribution in [-0.2, 0) is 10.0 Å². The minimum atomic E-state index is -3.14. The molecule has 0 aromatic heterocycles. The predicted molar refractivity (Wildman–Crippen MR) is 65.0 cm³/mol. The van der Waals surface area contributed by atoms with Crippen LogP contribution in [0.4, 0.5) is 0 Å². The molecule has 0 spiro atoms. The first-order chi connectivity index (χ1) is 7.47. The number of hydrogen-bond acceptors (Lipinski definition) is 3. The van der Waals surface area contributed by atoms with Crippen molar-refractivity contribution in [2.75, 3.05) is 12.3 Å². The van der Waals surface area contributed by atoms with Crippen molar-refractivity contribution < 1.29 is 8.42 Å². The van der Waals surface area contributed by atoms with Gasteiger partial charge in [-0.2, -0.15) is 4.31 Å². The Morgan fingerprint density at radius 1 is 1.50 bits per heavy atom. The molecule has 1 saturated carbocycles. The number of amidine groups is 1. The van der Waals surface area contributed by atoms with Gasteiger partial charge in [-0.3, -0.25) is 5.41 Å². The Kier molecular flexibility index (Phi) is 4.73. The molecule has 0 saturated heterocycles. The Hall–Kier alpha value is -0.620. The second-order valence-corrected chi connectivity index (χ2v) is 6.33. The van der Waals surface area contributed by atoms with Gasteiger partial charge in [0.25, 0.3) is 0 Å². The zero-order valence-electron chi connectivity index (χ0n) is 9.78. The third-order valence-corrected chi connectivity index (χ3v) is 4.67. The van der Waals surface area contributed by atoms with Gasteiger partial charge in [0, 0.05) is 19.0 Å². The first kappa shape index (κ1) is 13.4. The average molecular weight is 247 g/mol. The zero-order valence-corrected chi connectivity index (χ0v) is 10.6. The minimum Gasteiger partial charge on any atom is -0.388 e. The third kappa shape index (κ3) is 4.09. The lowest BCUT2D eigenvalue weighted by molar-refractivity contribution is 0.411. The van der Waals surface area contributed by atoms with Crippen LogP contribution >= 0.6 is 0 Å². The van der Waals surface area contributed by atoms with Gasteiger partial charge in [0.2, 0.25) is 10.0 Å². The lowest BCUT2D eigenvalue weighted by Gasteiger charge is -2.21. The van der Waals surface area contributed by atoms with E-state index in [-0.39, 0.29) is 17.6 Å². The predicted octanol–water partition coefficient (Wildman–Crippen LogP) is 0.907. The summed E-state index contributed by atoms with van der Waals surface area (Å²) < 4.78 is 25.5. The van der Waals surface area contributed by atoms with Crippen molar-refractivity contribution in [3.63, 3.8) is 0 Å². The summed E-state index contributed by atoms with van der Waals surface area (Å²) in [6.45, 7) is 2.35. The van der Waals surface area contributed by atoms with E-state index in [1.807, 2.05) is 6.92 Å². The van der Waals surface area contributed by atoms with E-state index in [1.165, 1.54) is 0 Å². The number of hydrogen-bond donors (Lipinski definition) is 2. The van der Waals surface area contributed by atoms with Gasteiger partial charge in [-0.1, -0.05) is 13.3 Å². The summed E-state index contributed by atoms with van der Waals surface area (Å²) in [6, 6.07) is 0.168. The largest absolute Gasteiger partial charge is 0.388 e. The summed E-state index contributed by atoms with van der Waals surface area (Å²) in [5.41, 5.74) is 5.27. The van der Waals surface area contributed by atoms with E-state index in [4.69, 9.17) is 11.1 Å². The van der Waals surface area contributed by atoms with Crippen LogP contribution in [0.1, 0.15) is 39.0 Å². The molecule has 0 atom stereocenters. The van der Waals surface area contributed by atoms with Gasteiger partial charge in [0.15, 0.2) is 0 Å². The Balaban J connectivity index is 2.57. The summed E-state index contributed by atoms with van der Waals surface area (Å²) in [5, 5.41) is 7.15. The molecule has 6 heteroatoms. The van der Waals surface area contributed by atoms with Crippen LogP contribution in [0.5, 0.6) is 0 Å². The monoisotopic (exact) mass is 247 g/mol. The fraction of sp³-hybridized carbons (Fsp3) is 0.900. The van der Waals surface area contributed by atoms with Crippen molar-refractivity contribution in [1.82, 2.24) is 4.31 Å². The molecular formula is C10H21N3O2S. The lowest BCUT2D eigenvalue weighted by atomic mass is 10.4. The van der Waals surface area contributed by atoms with E-state index in [2.05, 4.69) is 0 Å². The summed E-state index contributed by atoms with van der Waals surface area (Å²) in [4.78, 5) is 0. The van der Waals surface area contributed by atoms with E-state index in [0.717, 1.165) is 19.3 Å². The van der Waals surface area contributed by atoms with Crippen LogP contribution in [-0.4, -0.2) is 36.9 Å². The van der Waals surface area contributed by atoms with E-state index < -0.39 is 10.0 Å². The molecule has 0 radical (unpaired) electrons. The molecule has 16 heavy (non-hydrogen) atoms. The highest BCUT2D eigenvalue weighted by atomic mass is 32.2. The quantitative estimate of drug-likeness (QED) is 0.493. The van der Waals surface area contributed by atoms with Gasteiger partial charge in [-0.25, -0.2) is 8.42 Å². The SMILES string of the molecule is CCCCS(=O)(=O)N(CCC(=N)N)C1CC1. The van der Waals surface area contributed by atoms with Gasteiger partial charge in [-0.05, 0) is 19.3 Å². The molecule has 94 valence electrons. The van der Waals surface area contributed by atoms with Gasteiger partial charge in [0.1, 0.15) is 0 Å². The Labute approximate surface area is 97.6 Å². The highest BCUT2D eigenvalue weighted by Crippen LogP contribution is 2.29. The van der Waals surface area contributed by atoms with Crippen LogP contribution in [0.2, 0.25) is 0 Å². The van der Waals surface area contributed by atoms with Gasteiger partial charge >= 0.3 is 0 Å². The number of sulfonamides is 1. The van der Waals surface area contributed by atoms with E-state index >= 15 is 0 Å². The molecule has 0 aromatic carbocycles. The molecule has 3 N–H and O–H groups in total. The van der Waals surface area contributed by atoms with Crippen molar-refractivity contribution in [2.45, 2.75) is 45.1 Å². The highest BCUT2D eigenvalue weighted by molar-refractivity contribution is 7.89. The van der Waals surface area contributed by atoms with Crippen LogP contribution in [0, 0.1) is 5.41 Å². The fourth-order valence-corrected chi connectivity index (χ4v) is 3.51. The van der Waals surface area contributed by atoms with Gasteiger partial charge in [0.05, 0.1) is 11.6 Å². The van der Waals surface area contributed by atoms with E-state index in [0.29, 0.717) is 19.4 Å². The molecule has 0 heterocycles. The number of nitrogens with two attached hydrogens (primary N) is 1. The molecule has 0 aromatic rings.